The smallest absolute Gasteiger partial charge is 0.335 e. The van der Waals surface area contributed by atoms with E-state index in [-0.39, 0.29) is 27.2 Å². The van der Waals surface area contributed by atoms with Crippen molar-refractivity contribution >= 4 is 91.2 Å². The Bertz CT molecular complexity index is 2140. The van der Waals surface area contributed by atoms with Gasteiger partial charge in [0.15, 0.2) is 9.51 Å². The maximum atomic E-state index is 12.8. The lowest BCUT2D eigenvalue weighted by Gasteiger charge is -2.07. The first kappa shape index (κ1) is 30.7. The number of nitro benzene ring substituents is 1. The molecule has 0 radical (unpaired) electrons. The number of aliphatic imine (C=N–C) groups is 1. The highest BCUT2D eigenvalue weighted by Crippen LogP contribution is 2.40. The normalized spacial score (nSPS) is 14.5. The molecule has 11 nitrogen and oxygen atoms in total. The van der Waals surface area contributed by atoms with Crippen LogP contribution in [0.3, 0.4) is 0 Å². The summed E-state index contributed by atoms with van der Waals surface area (Å²) in [7, 11) is 0. The van der Waals surface area contributed by atoms with E-state index in [0.29, 0.717) is 37.3 Å². The van der Waals surface area contributed by atoms with Gasteiger partial charge in [-0.1, -0.05) is 42.1 Å². The van der Waals surface area contributed by atoms with Crippen molar-refractivity contribution in [2.45, 2.75) is 16.2 Å². The van der Waals surface area contributed by atoms with Gasteiger partial charge in [-0.15, -0.1) is 11.3 Å². The van der Waals surface area contributed by atoms with Crippen molar-refractivity contribution in [1.29, 1.82) is 0 Å². The molecule has 46 heavy (non-hydrogen) atoms. The number of hydrogen-bond donors (Lipinski definition) is 3. The maximum Gasteiger partial charge on any atom is 0.335 e. The Labute approximate surface area is 273 Å². The number of hydrogen-bond acceptors (Lipinski definition) is 10. The number of nitrogens with zero attached hydrogens (tertiary/aromatic N) is 3. The SMILES string of the molecule is Cc1ccccc1C(=O)Nc1ccc2nc(Sc3ccc(/C=C4\SC(=Nc5cccc(C(=O)O)c5)NC4=O)cc3[N+](=O)[O-])sc2c1. The van der Waals surface area contributed by atoms with Gasteiger partial charge in [-0.25, -0.2) is 14.8 Å². The molecule has 1 aliphatic heterocycles. The quantitative estimate of drug-likeness (QED) is 0.0863. The van der Waals surface area contributed by atoms with Crippen LogP contribution < -0.4 is 10.6 Å². The molecule has 0 saturated carbocycles. The third-order valence-corrected chi connectivity index (χ3v) is 9.72. The molecule has 3 N–H and O–H groups in total. The standard InChI is InChI=1S/C32H21N5O6S3/c1-17-5-2-3-8-22(17)28(38)33-21-10-11-23-26(16-21)46-32(35-23)45-25-12-9-18(13-24(25)37(42)43)14-27-29(39)36-31(44-27)34-20-7-4-6-19(15-20)30(40)41/h2-16H,1H3,(H,33,38)(H,40,41)(H,34,36,39)/b27-14-. The molecule has 5 aromatic rings. The number of amidine groups is 1. The van der Waals surface area contributed by atoms with E-state index < -0.39 is 16.8 Å². The van der Waals surface area contributed by atoms with Gasteiger partial charge in [-0.2, -0.15) is 0 Å². The van der Waals surface area contributed by atoms with Crippen molar-refractivity contribution in [3.63, 3.8) is 0 Å². The van der Waals surface area contributed by atoms with Gasteiger partial charge in [-0.05, 0) is 84.4 Å². The summed E-state index contributed by atoms with van der Waals surface area (Å²) in [5.74, 6) is -1.74. The molecule has 2 amide bonds. The van der Waals surface area contributed by atoms with Gasteiger partial charge >= 0.3 is 5.97 Å². The number of amides is 2. The number of carbonyl (C=O) groups is 3. The van der Waals surface area contributed by atoms with Crippen molar-refractivity contribution in [3.05, 3.63) is 122 Å². The second kappa shape index (κ2) is 13.0. The number of benzene rings is 4. The van der Waals surface area contributed by atoms with Crippen LogP contribution in [-0.2, 0) is 4.79 Å². The van der Waals surface area contributed by atoms with Crippen LogP contribution in [0.25, 0.3) is 16.3 Å². The number of nitrogens with one attached hydrogen (secondary N) is 2. The molecule has 0 bridgehead atoms. The molecule has 1 fully saturated rings. The second-order valence-electron chi connectivity index (χ2n) is 9.85. The fraction of sp³-hybridized carbons (Fsp3) is 0.0312. The highest BCUT2D eigenvalue weighted by Gasteiger charge is 2.25. The van der Waals surface area contributed by atoms with Crippen LogP contribution in [0.4, 0.5) is 17.1 Å². The van der Waals surface area contributed by atoms with E-state index in [4.69, 9.17) is 0 Å². The fourth-order valence-electron chi connectivity index (χ4n) is 4.46. The van der Waals surface area contributed by atoms with E-state index in [1.165, 1.54) is 35.6 Å². The zero-order valence-electron chi connectivity index (χ0n) is 23.7. The van der Waals surface area contributed by atoms with Gasteiger partial charge in [0.1, 0.15) is 0 Å². The molecular formula is C32H21N5O6S3. The minimum Gasteiger partial charge on any atom is -0.478 e. The number of anilines is 1. The van der Waals surface area contributed by atoms with Crippen molar-refractivity contribution in [3.8, 4) is 0 Å². The van der Waals surface area contributed by atoms with Crippen LogP contribution in [0.1, 0.15) is 31.8 Å². The molecule has 228 valence electrons. The van der Waals surface area contributed by atoms with E-state index in [2.05, 4.69) is 20.6 Å². The number of aryl methyl sites for hydroxylation is 1. The van der Waals surface area contributed by atoms with E-state index >= 15 is 0 Å². The summed E-state index contributed by atoms with van der Waals surface area (Å²) in [6.45, 7) is 1.87. The average Bonchev–Trinajstić information content (AvgIpc) is 3.59. The molecule has 1 aliphatic rings. The van der Waals surface area contributed by atoms with Gasteiger partial charge in [0.25, 0.3) is 17.5 Å². The maximum absolute atomic E-state index is 12.8. The lowest BCUT2D eigenvalue weighted by Crippen LogP contribution is -2.19. The number of carbonyl (C=O) groups excluding carboxylic acids is 2. The van der Waals surface area contributed by atoms with Crippen molar-refractivity contribution in [2.24, 2.45) is 4.99 Å². The van der Waals surface area contributed by atoms with Crippen LogP contribution in [0, 0.1) is 17.0 Å². The van der Waals surface area contributed by atoms with Gasteiger partial charge in [0.05, 0.1) is 36.2 Å². The Morgan fingerprint density at radius 2 is 1.89 bits per heavy atom. The minimum absolute atomic E-state index is 0.0650. The summed E-state index contributed by atoms with van der Waals surface area (Å²) < 4.78 is 1.40. The number of fused-ring (bicyclic) bond motifs is 1. The number of thiazole rings is 1. The van der Waals surface area contributed by atoms with Crippen LogP contribution in [0.2, 0.25) is 0 Å². The second-order valence-corrected chi connectivity index (χ2v) is 13.2. The third-order valence-electron chi connectivity index (χ3n) is 6.67. The number of carboxylic acid groups (broad SMARTS) is 1. The molecule has 1 aromatic heterocycles. The lowest BCUT2D eigenvalue weighted by atomic mass is 10.1. The Kier molecular flexibility index (Phi) is 8.66. The highest BCUT2D eigenvalue weighted by molar-refractivity contribution is 8.18. The molecule has 0 unspecified atom stereocenters. The summed E-state index contributed by atoms with van der Waals surface area (Å²) in [5.41, 5.74) is 3.48. The summed E-state index contributed by atoms with van der Waals surface area (Å²) >= 11 is 3.55. The van der Waals surface area contributed by atoms with E-state index in [0.717, 1.165) is 33.8 Å². The van der Waals surface area contributed by atoms with Crippen molar-refractivity contribution < 1.29 is 24.4 Å². The Morgan fingerprint density at radius 3 is 2.67 bits per heavy atom. The largest absolute Gasteiger partial charge is 0.478 e. The number of thioether (sulfide) groups is 1. The first-order valence-electron chi connectivity index (χ1n) is 13.5. The molecule has 14 heteroatoms. The van der Waals surface area contributed by atoms with Crippen LogP contribution >= 0.6 is 34.9 Å². The van der Waals surface area contributed by atoms with Crippen LogP contribution in [0.15, 0.2) is 104 Å². The predicted octanol–water partition coefficient (Wildman–Crippen LogP) is 7.51. The number of rotatable bonds is 8. The zero-order chi connectivity index (χ0) is 32.4. The monoisotopic (exact) mass is 667 g/mol. The van der Waals surface area contributed by atoms with E-state index in [1.54, 1.807) is 42.5 Å². The first-order chi connectivity index (χ1) is 22.1. The highest BCUT2D eigenvalue weighted by atomic mass is 32.2. The topological polar surface area (TPSA) is 164 Å². The molecule has 0 spiro atoms. The Morgan fingerprint density at radius 1 is 1.07 bits per heavy atom. The van der Waals surface area contributed by atoms with Crippen LogP contribution in [0.5, 0.6) is 0 Å². The van der Waals surface area contributed by atoms with E-state index in [9.17, 15) is 29.6 Å². The summed E-state index contributed by atoms with van der Waals surface area (Å²) in [6.07, 6.45) is 1.53. The van der Waals surface area contributed by atoms with Crippen LogP contribution in [-0.4, -0.2) is 38.0 Å². The number of carboxylic acids is 1. The molecule has 0 atom stereocenters. The molecule has 0 aliphatic carbocycles. The summed E-state index contributed by atoms with van der Waals surface area (Å²) in [4.78, 5) is 57.7. The molecule has 1 saturated heterocycles. The Hall–Kier alpha value is -5.31. The van der Waals surface area contributed by atoms with Gasteiger partial charge in [-0.3, -0.25) is 19.7 Å². The predicted molar refractivity (Wildman–Crippen MR) is 180 cm³/mol. The van der Waals surface area contributed by atoms with Gasteiger partial charge in [0.2, 0.25) is 0 Å². The first-order valence-corrected chi connectivity index (χ1v) is 15.9. The third kappa shape index (κ3) is 6.83. The molecular weight excluding hydrogens is 647 g/mol. The van der Waals surface area contributed by atoms with Crippen molar-refractivity contribution in [2.75, 3.05) is 5.32 Å². The number of aromatic nitrogens is 1. The lowest BCUT2D eigenvalue weighted by molar-refractivity contribution is -0.387. The number of nitro groups is 1. The number of aromatic carboxylic acids is 1. The Balaban J connectivity index is 1.19. The molecule has 6 rings (SSSR count). The summed E-state index contributed by atoms with van der Waals surface area (Å²) in [5, 5.41) is 27.0. The fourth-order valence-corrected chi connectivity index (χ4v) is 7.45. The average molecular weight is 668 g/mol. The van der Waals surface area contributed by atoms with Gasteiger partial charge in [0, 0.05) is 17.3 Å². The zero-order valence-corrected chi connectivity index (χ0v) is 26.2. The van der Waals surface area contributed by atoms with Crippen molar-refractivity contribution in [1.82, 2.24) is 10.3 Å². The minimum atomic E-state index is -1.09. The van der Waals surface area contributed by atoms with E-state index in [1.807, 2.05) is 31.2 Å². The van der Waals surface area contributed by atoms with Gasteiger partial charge < -0.3 is 15.7 Å². The molecule has 4 aromatic carbocycles. The molecule has 2 heterocycles. The summed E-state index contributed by atoms with van der Waals surface area (Å²) in [6, 6.07) is 23.4.